The lowest BCUT2D eigenvalue weighted by Crippen LogP contribution is -2.11. The topological polar surface area (TPSA) is 35.9 Å². The summed E-state index contributed by atoms with van der Waals surface area (Å²) in [5, 5.41) is 3.03. The van der Waals surface area contributed by atoms with E-state index in [-0.39, 0.29) is 0 Å². The minimum atomic E-state index is 0.422. The molecular formula is C26H23N3O. The molecular weight excluding hydrogens is 370 g/mol. The molecule has 4 aromatic carbocycles. The van der Waals surface area contributed by atoms with E-state index in [0.29, 0.717) is 5.69 Å². The highest BCUT2D eigenvalue weighted by molar-refractivity contribution is 5.78. The maximum absolute atomic E-state index is 10.9. The van der Waals surface area contributed by atoms with E-state index >= 15 is 0 Å². The second kappa shape index (κ2) is 8.62. The second-order valence-electron chi connectivity index (χ2n) is 7.19. The van der Waals surface area contributed by atoms with Crippen LogP contribution in [-0.2, 0) is 0 Å². The number of aryl methyl sites for hydroxylation is 1. The Balaban J connectivity index is 1.69. The van der Waals surface area contributed by atoms with Crippen LogP contribution in [0.15, 0.2) is 108 Å². The Hall–Kier alpha value is -3.92. The van der Waals surface area contributed by atoms with Crippen LogP contribution in [0, 0.1) is 11.8 Å². The fourth-order valence-electron chi connectivity index (χ4n) is 3.45. The van der Waals surface area contributed by atoms with E-state index in [2.05, 4.69) is 77.7 Å². The molecule has 0 N–H and O–H groups in total. The van der Waals surface area contributed by atoms with Crippen LogP contribution < -0.4 is 9.80 Å². The van der Waals surface area contributed by atoms with Gasteiger partial charge in [0, 0.05) is 35.5 Å². The molecule has 0 fully saturated rings. The largest absolute Gasteiger partial charge is 0.345 e. The first kappa shape index (κ1) is 19.4. The smallest absolute Gasteiger partial charge is 0.110 e. The Morgan fingerprint density at radius 3 is 1.77 bits per heavy atom. The lowest BCUT2D eigenvalue weighted by molar-refractivity contribution is 1.20. The molecule has 0 aliphatic carbocycles. The van der Waals surface area contributed by atoms with E-state index in [1.807, 2.05) is 42.3 Å². The molecule has 0 saturated carbocycles. The van der Waals surface area contributed by atoms with E-state index in [0.717, 1.165) is 28.4 Å². The van der Waals surface area contributed by atoms with E-state index in [4.69, 9.17) is 0 Å². The van der Waals surface area contributed by atoms with E-state index < -0.39 is 0 Å². The van der Waals surface area contributed by atoms with Crippen LogP contribution in [-0.4, -0.2) is 7.05 Å². The molecule has 4 aromatic rings. The van der Waals surface area contributed by atoms with Gasteiger partial charge in [0.2, 0.25) is 0 Å². The van der Waals surface area contributed by atoms with Crippen molar-refractivity contribution in [3.8, 4) is 0 Å². The Bertz CT molecular complexity index is 1120. The summed E-state index contributed by atoms with van der Waals surface area (Å²) in [6, 6.07) is 34.5. The predicted octanol–water partition coefficient (Wildman–Crippen LogP) is 7.63. The lowest BCUT2D eigenvalue weighted by atomic mass is 10.1. The first-order chi connectivity index (χ1) is 14.7. The standard InChI is InChI=1S/C26H23N3O/c1-20-11-13-24(14-12-20)29(23-8-4-3-5-9-23)25-17-15-22(16-18-25)28(2)26-10-6-7-21(19-26)27-30/h3-19H,1-2H3. The van der Waals surface area contributed by atoms with Gasteiger partial charge in [-0.15, -0.1) is 4.91 Å². The molecule has 148 valence electrons. The molecule has 4 nitrogen and oxygen atoms in total. The van der Waals surface area contributed by atoms with Crippen molar-refractivity contribution < 1.29 is 0 Å². The molecule has 0 aliphatic heterocycles. The number of benzene rings is 4. The maximum Gasteiger partial charge on any atom is 0.110 e. The molecule has 0 amide bonds. The summed E-state index contributed by atoms with van der Waals surface area (Å²) in [7, 11) is 1.98. The second-order valence-corrected chi connectivity index (χ2v) is 7.19. The number of nitrogens with zero attached hydrogens (tertiary/aromatic N) is 3. The molecule has 0 atom stereocenters. The monoisotopic (exact) mass is 393 g/mol. The van der Waals surface area contributed by atoms with Gasteiger partial charge in [-0.25, -0.2) is 0 Å². The van der Waals surface area contributed by atoms with Crippen molar-refractivity contribution in [2.24, 2.45) is 5.18 Å². The van der Waals surface area contributed by atoms with Crippen LogP contribution in [0.5, 0.6) is 0 Å². The summed E-state index contributed by atoms with van der Waals surface area (Å²) in [6.45, 7) is 2.09. The number of rotatable bonds is 6. The Morgan fingerprint density at radius 1 is 0.600 bits per heavy atom. The van der Waals surface area contributed by atoms with Gasteiger partial charge >= 0.3 is 0 Å². The van der Waals surface area contributed by atoms with Gasteiger partial charge in [0.15, 0.2) is 0 Å². The summed E-state index contributed by atoms with van der Waals surface area (Å²) in [6.07, 6.45) is 0. The van der Waals surface area contributed by atoms with Crippen LogP contribution >= 0.6 is 0 Å². The number of anilines is 5. The lowest BCUT2D eigenvalue weighted by Gasteiger charge is -2.26. The molecule has 4 rings (SSSR count). The quantitative estimate of drug-likeness (QED) is 0.316. The van der Waals surface area contributed by atoms with Gasteiger partial charge in [0.05, 0.1) is 0 Å². The predicted molar refractivity (Wildman–Crippen MR) is 126 cm³/mol. The molecule has 0 spiro atoms. The van der Waals surface area contributed by atoms with Crippen LogP contribution in [0.1, 0.15) is 5.56 Å². The third kappa shape index (κ3) is 4.08. The normalized spacial score (nSPS) is 10.5. The zero-order valence-electron chi connectivity index (χ0n) is 17.1. The van der Waals surface area contributed by atoms with Crippen molar-refractivity contribution in [3.63, 3.8) is 0 Å². The highest BCUT2D eigenvalue weighted by Crippen LogP contribution is 2.36. The van der Waals surface area contributed by atoms with Gasteiger partial charge in [-0.3, -0.25) is 0 Å². The average molecular weight is 393 g/mol. The molecule has 0 aliphatic rings. The molecule has 4 heteroatoms. The van der Waals surface area contributed by atoms with Crippen LogP contribution in [0.2, 0.25) is 0 Å². The van der Waals surface area contributed by atoms with Crippen molar-refractivity contribution in [3.05, 3.63) is 114 Å². The summed E-state index contributed by atoms with van der Waals surface area (Å²) in [5.41, 5.74) is 6.88. The minimum Gasteiger partial charge on any atom is -0.345 e. The van der Waals surface area contributed by atoms with Gasteiger partial charge in [-0.05, 0) is 78.8 Å². The first-order valence-corrected chi connectivity index (χ1v) is 9.85. The third-order valence-corrected chi connectivity index (χ3v) is 5.12. The Labute approximate surface area is 177 Å². The SMILES string of the molecule is Cc1ccc(N(c2ccccc2)c2ccc(N(C)c3cccc(N=O)c3)cc2)cc1. The van der Waals surface area contributed by atoms with Crippen molar-refractivity contribution in [2.45, 2.75) is 6.92 Å². The van der Waals surface area contributed by atoms with Crippen molar-refractivity contribution in [1.29, 1.82) is 0 Å². The molecule has 0 aromatic heterocycles. The minimum absolute atomic E-state index is 0.422. The summed E-state index contributed by atoms with van der Waals surface area (Å²) >= 11 is 0. The highest BCUT2D eigenvalue weighted by Gasteiger charge is 2.13. The molecule has 0 radical (unpaired) electrons. The Morgan fingerprint density at radius 2 is 1.13 bits per heavy atom. The summed E-state index contributed by atoms with van der Waals surface area (Å²) < 4.78 is 0. The zero-order valence-corrected chi connectivity index (χ0v) is 17.1. The fourth-order valence-corrected chi connectivity index (χ4v) is 3.45. The highest BCUT2D eigenvalue weighted by atomic mass is 16.3. The summed E-state index contributed by atoms with van der Waals surface area (Å²) in [5.74, 6) is 0. The summed E-state index contributed by atoms with van der Waals surface area (Å²) in [4.78, 5) is 15.1. The fraction of sp³-hybridized carbons (Fsp3) is 0.0769. The molecule has 0 bridgehead atoms. The van der Waals surface area contributed by atoms with Gasteiger partial charge in [0.25, 0.3) is 0 Å². The first-order valence-electron chi connectivity index (χ1n) is 9.85. The Kier molecular flexibility index (Phi) is 5.57. The number of nitroso groups, excluding NO2 is 1. The van der Waals surface area contributed by atoms with E-state index in [1.54, 1.807) is 12.1 Å². The van der Waals surface area contributed by atoms with E-state index in [1.165, 1.54) is 5.56 Å². The van der Waals surface area contributed by atoms with Gasteiger partial charge in [0.1, 0.15) is 5.69 Å². The van der Waals surface area contributed by atoms with Crippen molar-refractivity contribution in [2.75, 3.05) is 16.8 Å². The molecule has 0 saturated heterocycles. The maximum atomic E-state index is 10.9. The number of para-hydroxylation sites is 1. The van der Waals surface area contributed by atoms with Crippen LogP contribution in [0.25, 0.3) is 0 Å². The van der Waals surface area contributed by atoms with Crippen molar-refractivity contribution in [1.82, 2.24) is 0 Å². The molecule has 0 heterocycles. The zero-order chi connectivity index (χ0) is 20.9. The van der Waals surface area contributed by atoms with Crippen molar-refractivity contribution >= 4 is 34.1 Å². The van der Waals surface area contributed by atoms with Gasteiger partial charge < -0.3 is 9.80 Å². The van der Waals surface area contributed by atoms with Crippen LogP contribution in [0.4, 0.5) is 34.1 Å². The van der Waals surface area contributed by atoms with E-state index in [9.17, 15) is 4.91 Å². The molecule has 0 unspecified atom stereocenters. The van der Waals surface area contributed by atoms with Gasteiger partial charge in [-0.1, -0.05) is 42.0 Å². The average Bonchev–Trinajstić information content (AvgIpc) is 2.81. The number of hydrogen-bond acceptors (Lipinski definition) is 4. The van der Waals surface area contributed by atoms with Gasteiger partial charge in [-0.2, -0.15) is 0 Å². The van der Waals surface area contributed by atoms with Crippen LogP contribution in [0.3, 0.4) is 0 Å². The third-order valence-electron chi connectivity index (χ3n) is 5.12. The number of hydrogen-bond donors (Lipinski definition) is 0. The molecule has 30 heavy (non-hydrogen) atoms.